The van der Waals surface area contributed by atoms with Crippen LogP contribution in [0.15, 0.2) is 29.2 Å². The van der Waals surface area contributed by atoms with Crippen molar-refractivity contribution in [2.45, 2.75) is 88.4 Å². The van der Waals surface area contributed by atoms with E-state index in [-0.39, 0.29) is 34.5 Å². The Kier molecular flexibility index (Phi) is 16.1. The number of nitrogens with two attached hydrogens (primary N) is 1. The van der Waals surface area contributed by atoms with E-state index in [1.807, 2.05) is 0 Å². The maximum atomic E-state index is 10.9. The number of rotatable bonds is 15. The Balaban J connectivity index is 0.00000625. The summed E-state index contributed by atoms with van der Waals surface area (Å²) in [6.07, 6.45) is 16.4. The minimum absolute atomic E-state index is 0. The molecule has 0 heterocycles. The van der Waals surface area contributed by atoms with Crippen molar-refractivity contribution in [2.24, 2.45) is 5.73 Å². The molecule has 6 heteroatoms. The summed E-state index contributed by atoms with van der Waals surface area (Å²) in [5.74, 6) is 0. The van der Waals surface area contributed by atoms with Crippen molar-refractivity contribution < 1.29 is 42.5 Å². The molecule has 0 aliphatic rings. The zero-order chi connectivity index (χ0) is 18.4. The molecule has 0 amide bonds. The first-order chi connectivity index (χ1) is 12.0. The summed E-state index contributed by atoms with van der Waals surface area (Å²) < 4.78 is 32.6. The van der Waals surface area contributed by atoms with Crippen LogP contribution in [0.1, 0.15) is 82.6 Å². The molecule has 4 nitrogen and oxygen atoms in total. The summed E-state index contributed by atoms with van der Waals surface area (Å²) in [6, 6.07) is 6.32. The first kappa shape index (κ1) is 26.1. The van der Waals surface area contributed by atoms with Crippen molar-refractivity contribution in [2.75, 3.05) is 6.54 Å². The van der Waals surface area contributed by atoms with E-state index in [1.54, 1.807) is 12.1 Å². The zero-order valence-electron chi connectivity index (χ0n) is 16.4. The molecule has 26 heavy (non-hydrogen) atoms. The molecule has 1 aromatic rings. The third-order valence-corrected chi connectivity index (χ3v) is 5.48. The Morgan fingerprint density at radius 1 is 0.692 bits per heavy atom. The molecule has 0 aliphatic heterocycles. The predicted molar refractivity (Wildman–Crippen MR) is 103 cm³/mol. The van der Waals surface area contributed by atoms with Crippen LogP contribution in [0, 0.1) is 0 Å². The van der Waals surface area contributed by atoms with E-state index in [2.05, 4.69) is 0 Å². The van der Waals surface area contributed by atoms with Gasteiger partial charge in [-0.15, -0.1) is 0 Å². The number of hydrogen-bond donors (Lipinski definition) is 1. The van der Waals surface area contributed by atoms with Gasteiger partial charge in [0.15, 0.2) is 0 Å². The van der Waals surface area contributed by atoms with Crippen LogP contribution < -0.4 is 35.3 Å². The number of hydrogen-bond acceptors (Lipinski definition) is 4. The summed E-state index contributed by atoms with van der Waals surface area (Å²) in [4.78, 5) is -0.143. The molecule has 0 aliphatic carbocycles. The molecule has 1 rings (SSSR count). The first-order valence-corrected chi connectivity index (χ1v) is 11.2. The zero-order valence-corrected chi connectivity index (χ0v) is 19.2. The van der Waals surface area contributed by atoms with Crippen molar-refractivity contribution in [3.05, 3.63) is 29.8 Å². The van der Waals surface area contributed by atoms with Crippen LogP contribution in [0.2, 0.25) is 0 Å². The molecule has 0 spiro atoms. The van der Waals surface area contributed by atoms with Gasteiger partial charge in [0.25, 0.3) is 0 Å². The average Bonchev–Trinajstić information content (AvgIpc) is 2.58. The van der Waals surface area contributed by atoms with Gasteiger partial charge < -0.3 is 10.3 Å². The largest absolute Gasteiger partial charge is 1.00 e. The van der Waals surface area contributed by atoms with Crippen LogP contribution >= 0.6 is 0 Å². The molecule has 0 atom stereocenters. The minimum atomic E-state index is -4.32. The van der Waals surface area contributed by atoms with Gasteiger partial charge in [-0.2, -0.15) is 0 Å². The topological polar surface area (TPSA) is 83.2 Å². The van der Waals surface area contributed by atoms with Crippen molar-refractivity contribution in [3.63, 3.8) is 0 Å². The smallest absolute Gasteiger partial charge is 0.744 e. The maximum Gasteiger partial charge on any atom is 1.00 e. The van der Waals surface area contributed by atoms with Crippen LogP contribution in [0.5, 0.6) is 0 Å². The first-order valence-electron chi connectivity index (χ1n) is 9.79. The normalized spacial score (nSPS) is 11.3. The average molecular weight is 392 g/mol. The Morgan fingerprint density at radius 3 is 1.46 bits per heavy atom. The van der Waals surface area contributed by atoms with E-state index in [1.165, 1.54) is 82.8 Å². The Labute approximate surface area is 182 Å². The van der Waals surface area contributed by atoms with Gasteiger partial charge >= 0.3 is 29.6 Å². The molecule has 0 fully saturated rings. The Bertz CT molecular complexity index is 547. The van der Waals surface area contributed by atoms with Gasteiger partial charge in [0.2, 0.25) is 0 Å². The summed E-state index contributed by atoms with van der Waals surface area (Å²) in [5.41, 5.74) is 6.58. The molecule has 144 valence electrons. The molecule has 2 N–H and O–H groups in total. The fraction of sp³-hybridized carbons (Fsp3) is 0.700. The van der Waals surface area contributed by atoms with E-state index in [0.717, 1.165) is 24.9 Å². The number of aryl methyl sites for hydroxylation is 1. The van der Waals surface area contributed by atoms with Crippen molar-refractivity contribution >= 4 is 10.1 Å². The van der Waals surface area contributed by atoms with E-state index in [9.17, 15) is 13.0 Å². The minimum Gasteiger partial charge on any atom is -0.744 e. The van der Waals surface area contributed by atoms with Gasteiger partial charge in [0.1, 0.15) is 10.1 Å². The second-order valence-corrected chi connectivity index (χ2v) is 8.26. The van der Waals surface area contributed by atoms with Crippen molar-refractivity contribution in [3.8, 4) is 0 Å². The third kappa shape index (κ3) is 13.3. The number of unbranched alkanes of at least 4 members (excludes halogenated alkanes) is 11. The third-order valence-electron chi connectivity index (χ3n) is 4.63. The fourth-order valence-electron chi connectivity index (χ4n) is 3.06. The van der Waals surface area contributed by atoms with Gasteiger partial charge in [-0.1, -0.05) is 76.3 Å². The Hall–Kier alpha value is 0.0900. The SMILES string of the molecule is NCCCCCCCCCCCCCCc1ccc(S(=O)(=O)[O-])cc1.[Na+]. The van der Waals surface area contributed by atoms with Gasteiger partial charge in [-0.3, -0.25) is 0 Å². The summed E-state index contributed by atoms with van der Waals surface area (Å²) in [6.45, 7) is 0.827. The van der Waals surface area contributed by atoms with E-state index < -0.39 is 10.1 Å². The summed E-state index contributed by atoms with van der Waals surface area (Å²) in [7, 11) is -4.32. The Morgan fingerprint density at radius 2 is 1.08 bits per heavy atom. The van der Waals surface area contributed by atoms with Crippen molar-refractivity contribution in [1.29, 1.82) is 0 Å². The molecule has 0 saturated carbocycles. The summed E-state index contributed by atoms with van der Waals surface area (Å²) in [5, 5.41) is 0. The van der Waals surface area contributed by atoms with Gasteiger partial charge in [0, 0.05) is 0 Å². The van der Waals surface area contributed by atoms with Crippen LogP contribution in [-0.2, 0) is 16.5 Å². The van der Waals surface area contributed by atoms with Crippen molar-refractivity contribution in [1.82, 2.24) is 0 Å². The van der Waals surface area contributed by atoms with Gasteiger partial charge in [0.05, 0.1) is 4.90 Å². The molecular formula is C20H34NNaO3S. The molecule has 0 radical (unpaired) electrons. The standard InChI is InChI=1S/C20H35NO3S.Na/c21-18-12-10-8-6-4-2-1-3-5-7-9-11-13-19-14-16-20(17-15-19)25(22,23)24;/h14-17H,1-13,18,21H2,(H,22,23,24);/q;+1/p-1. The fourth-order valence-corrected chi connectivity index (χ4v) is 3.53. The quantitative estimate of drug-likeness (QED) is 0.281. The van der Waals surface area contributed by atoms with Crippen LogP contribution in [0.3, 0.4) is 0 Å². The molecule has 0 bridgehead atoms. The predicted octanol–water partition coefficient (Wildman–Crippen LogP) is 1.78. The van der Waals surface area contributed by atoms with Gasteiger partial charge in [-0.25, -0.2) is 8.42 Å². The van der Waals surface area contributed by atoms with E-state index in [4.69, 9.17) is 5.73 Å². The molecule has 0 unspecified atom stereocenters. The summed E-state index contributed by atoms with van der Waals surface area (Å²) >= 11 is 0. The maximum absolute atomic E-state index is 10.9. The number of benzene rings is 1. The second kappa shape index (κ2) is 16.1. The molecule has 0 aromatic heterocycles. The van der Waals surface area contributed by atoms with Crippen LogP contribution in [-0.4, -0.2) is 19.5 Å². The molecule has 0 saturated heterocycles. The van der Waals surface area contributed by atoms with Crippen LogP contribution in [0.25, 0.3) is 0 Å². The molecular weight excluding hydrogens is 357 g/mol. The monoisotopic (exact) mass is 391 g/mol. The van der Waals surface area contributed by atoms with Crippen LogP contribution in [0.4, 0.5) is 0 Å². The van der Waals surface area contributed by atoms with E-state index >= 15 is 0 Å². The molecule has 1 aromatic carbocycles. The van der Waals surface area contributed by atoms with E-state index in [0.29, 0.717) is 0 Å². The second-order valence-electron chi connectivity index (χ2n) is 6.88. The van der Waals surface area contributed by atoms with Gasteiger partial charge in [-0.05, 0) is 43.5 Å².